The maximum atomic E-state index is 13.5. The molecular weight excluding hydrogens is 359 g/mol. The summed E-state index contributed by atoms with van der Waals surface area (Å²) in [6, 6.07) is 6.36. The van der Waals surface area contributed by atoms with E-state index < -0.39 is 11.9 Å². The molecule has 0 bridgehead atoms. The van der Waals surface area contributed by atoms with Crippen molar-refractivity contribution in [3.63, 3.8) is 0 Å². The van der Waals surface area contributed by atoms with Crippen LogP contribution in [0.15, 0.2) is 24.3 Å². The molecule has 146 valence electrons. The molecule has 6 nitrogen and oxygen atoms in total. The zero-order valence-electron chi connectivity index (χ0n) is 15.3. The Morgan fingerprint density at radius 2 is 1.74 bits per heavy atom. The molecule has 0 saturated carbocycles. The van der Waals surface area contributed by atoms with E-state index in [1.807, 2.05) is 13.8 Å². The molecule has 2 aromatic rings. The van der Waals surface area contributed by atoms with E-state index >= 15 is 0 Å². The first-order valence-corrected chi connectivity index (χ1v) is 8.94. The van der Waals surface area contributed by atoms with Crippen molar-refractivity contribution in [1.82, 2.24) is 20.2 Å². The largest absolute Gasteiger partial charge is 0.437 e. The van der Waals surface area contributed by atoms with Crippen molar-refractivity contribution < 1.29 is 18.0 Å². The zero-order valence-corrected chi connectivity index (χ0v) is 15.3. The molecule has 1 fully saturated rings. The summed E-state index contributed by atoms with van der Waals surface area (Å²) >= 11 is 0. The fraction of sp³-hybridized carbons (Fsp3) is 0.500. The van der Waals surface area contributed by atoms with Crippen LogP contribution in [0.1, 0.15) is 26.0 Å². The highest BCUT2D eigenvalue weighted by Gasteiger charge is 2.39. The molecule has 1 unspecified atom stereocenters. The van der Waals surface area contributed by atoms with Gasteiger partial charge in [-0.05, 0) is 25.5 Å². The van der Waals surface area contributed by atoms with Gasteiger partial charge in [0.2, 0.25) is 0 Å². The third kappa shape index (κ3) is 4.23. The van der Waals surface area contributed by atoms with Gasteiger partial charge in [-0.1, -0.05) is 19.1 Å². The van der Waals surface area contributed by atoms with Gasteiger partial charge in [-0.3, -0.25) is 0 Å². The first kappa shape index (κ1) is 19.2. The monoisotopic (exact) mass is 381 g/mol. The van der Waals surface area contributed by atoms with Crippen LogP contribution in [0.25, 0.3) is 11.0 Å². The number of carbonyl (C=O) groups is 1. The number of aromatic nitrogens is 2. The van der Waals surface area contributed by atoms with E-state index in [-0.39, 0.29) is 36.5 Å². The van der Waals surface area contributed by atoms with Crippen LogP contribution in [-0.4, -0.2) is 53.1 Å². The Balaban J connectivity index is 1.81. The molecule has 1 atom stereocenters. The van der Waals surface area contributed by atoms with Crippen molar-refractivity contribution in [2.24, 2.45) is 0 Å². The SMILES string of the molecule is CCC(C)NC(=O)N1CCN(c2nc3ccccc3nc2C(F)(F)F)CC1. The maximum Gasteiger partial charge on any atom is 0.437 e. The maximum absolute atomic E-state index is 13.5. The topological polar surface area (TPSA) is 61.4 Å². The van der Waals surface area contributed by atoms with Crippen molar-refractivity contribution >= 4 is 22.9 Å². The number of carbonyl (C=O) groups excluding carboxylic acids is 1. The van der Waals surface area contributed by atoms with Gasteiger partial charge in [0.25, 0.3) is 0 Å². The Bertz CT molecular complexity index is 818. The lowest BCUT2D eigenvalue weighted by Gasteiger charge is -2.36. The van der Waals surface area contributed by atoms with E-state index in [4.69, 9.17) is 0 Å². The quantitative estimate of drug-likeness (QED) is 0.886. The molecule has 9 heteroatoms. The Hall–Kier alpha value is -2.58. The molecular formula is C18H22F3N5O. The van der Waals surface area contributed by atoms with E-state index in [2.05, 4.69) is 15.3 Å². The number of nitrogens with one attached hydrogen (secondary N) is 1. The summed E-state index contributed by atoms with van der Waals surface area (Å²) in [5.41, 5.74) is -0.365. The highest BCUT2D eigenvalue weighted by molar-refractivity contribution is 5.77. The second-order valence-corrected chi connectivity index (χ2v) is 6.62. The number of hydrogen-bond acceptors (Lipinski definition) is 4. The highest BCUT2D eigenvalue weighted by atomic mass is 19.4. The second-order valence-electron chi connectivity index (χ2n) is 6.62. The molecule has 3 rings (SSSR count). The number of halogens is 3. The van der Waals surface area contributed by atoms with Crippen LogP contribution < -0.4 is 10.2 Å². The van der Waals surface area contributed by atoms with E-state index in [0.717, 1.165) is 6.42 Å². The van der Waals surface area contributed by atoms with Gasteiger partial charge in [0.15, 0.2) is 11.5 Å². The van der Waals surface area contributed by atoms with Gasteiger partial charge in [0, 0.05) is 32.2 Å². The molecule has 1 N–H and O–H groups in total. The van der Waals surface area contributed by atoms with Gasteiger partial charge in [-0.2, -0.15) is 13.2 Å². The summed E-state index contributed by atoms with van der Waals surface area (Å²) < 4.78 is 40.5. The minimum Gasteiger partial charge on any atom is -0.351 e. The molecule has 2 amide bonds. The van der Waals surface area contributed by atoms with Crippen LogP contribution in [0.3, 0.4) is 0 Å². The lowest BCUT2D eigenvalue weighted by molar-refractivity contribution is -0.140. The second kappa shape index (κ2) is 7.58. The van der Waals surface area contributed by atoms with Crippen LogP contribution >= 0.6 is 0 Å². The number of nitrogens with zero attached hydrogens (tertiary/aromatic N) is 4. The standard InChI is InChI=1S/C18H22F3N5O/c1-3-12(2)22-17(27)26-10-8-25(9-11-26)16-15(18(19,20)21)23-13-6-4-5-7-14(13)24-16/h4-7,12H,3,8-11H2,1-2H3,(H,22,27). The predicted molar refractivity (Wildman–Crippen MR) is 96.6 cm³/mol. The number of amides is 2. The van der Waals surface area contributed by atoms with Crippen molar-refractivity contribution in [1.29, 1.82) is 0 Å². The van der Waals surface area contributed by atoms with Crippen molar-refractivity contribution in [2.75, 3.05) is 31.1 Å². The van der Waals surface area contributed by atoms with Crippen LogP contribution in [0, 0.1) is 0 Å². The molecule has 1 aromatic heterocycles. The Morgan fingerprint density at radius 1 is 1.15 bits per heavy atom. The van der Waals surface area contributed by atoms with Crippen LogP contribution in [-0.2, 0) is 6.18 Å². The normalized spacial score (nSPS) is 16.5. The number of alkyl halides is 3. The van der Waals surface area contributed by atoms with Gasteiger partial charge in [-0.15, -0.1) is 0 Å². The average molecular weight is 381 g/mol. The predicted octanol–water partition coefficient (Wildman–Crippen LogP) is 3.28. The van der Waals surface area contributed by atoms with E-state index in [1.165, 1.54) is 6.07 Å². The average Bonchev–Trinajstić information content (AvgIpc) is 2.66. The zero-order chi connectivity index (χ0) is 19.6. The molecule has 0 aliphatic carbocycles. The number of para-hydroxylation sites is 2. The molecule has 0 radical (unpaired) electrons. The molecule has 0 spiro atoms. The summed E-state index contributed by atoms with van der Waals surface area (Å²) in [6.07, 6.45) is -3.79. The molecule has 2 heterocycles. The van der Waals surface area contributed by atoms with Crippen LogP contribution in [0.2, 0.25) is 0 Å². The Labute approximate surface area is 155 Å². The van der Waals surface area contributed by atoms with Crippen molar-refractivity contribution in [3.05, 3.63) is 30.0 Å². The van der Waals surface area contributed by atoms with Crippen molar-refractivity contribution in [2.45, 2.75) is 32.5 Å². The van der Waals surface area contributed by atoms with Crippen LogP contribution in [0.5, 0.6) is 0 Å². The fourth-order valence-electron chi connectivity index (χ4n) is 2.93. The van der Waals surface area contributed by atoms with Gasteiger partial charge in [0.1, 0.15) is 0 Å². The Kier molecular flexibility index (Phi) is 5.38. The van der Waals surface area contributed by atoms with Gasteiger partial charge in [-0.25, -0.2) is 14.8 Å². The minimum absolute atomic E-state index is 0.0544. The molecule has 1 saturated heterocycles. The summed E-state index contributed by atoms with van der Waals surface area (Å²) in [5, 5.41) is 2.87. The first-order valence-electron chi connectivity index (χ1n) is 8.94. The third-order valence-electron chi connectivity index (χ3n) is 4.67. The molecule has 27 heavy (non-hydrogen) atoms. The van der Waals surface area contributed by atoms with E-state index in [9.17, 15) is 18.0 Å². The van der Waals surface area contributed by atoms with Gasteiger partial charge in [0.05, 0.1) is 11.0 Å². The minimum atomic E-state index is -4.60. The Morgan fingerprint density at radius 3 is 2.30 bits per heavy atom. The number of fused-ring (bicyclic) bond motifs is 1. The molecule has 1 aromatic carbocycles. The fourth-order valence-corrected chi connectivity index (χ4v) is 2.93. The van der Waals surface area contributed by atoms with E-state index in [1.54, 1.807) is 28.0 Å². The summed E-state index contributed by atoms with van der Waals surface area (Å²) in [6.45, 7) is 5.07. The highest BCUT2D eigenvalue weighted by Crippen LogP contribution is 2.35. The number of anilines is 1. The lowest BCUT2D eigenvalue weighted by atomic mass is 10.2. The first-order chi connectivity index (χ1) is 12.8. The number of hydrogen-bond donors (Lipinski definition) is 1. The third-order valence-corrected chi connectivity index (χ3v) is 4.67. The van der Waals surface area contributed by atoms with Crippen LogP contribution in [0.4, 0.5) is 23.8 Å². The summed E-state index contributed by atoms with van der Waals surface area (Å²) in [5.74, 6) is -0.178. The number of benzene rings is 1. The van der Waals surface area contributed by atoms with E-state index in [0.29, 0.717) is 18.6 Å². The lowest BCUT2D eigenvalue weighted by Crippen LogP contribution is -2.53. The summed E-state index contributed by atoms with van der Waals surface area (Å²) in [4.78, 5) is 23.4. The number of rotatable bonds is 3. The number of urea groups is 1. The molecule has 1 aliphatic heterocycles. The van der Waals surface area contributed by atoms with Gasteiger partial charge < -0.3 is 15.1 Å². The summed E-state index contributed by atoms with van der Waals surface area (Å²) in [7, 11) is 0. The smallest absolute Gasteiger partial charge is 0.351 e. The molecule has 1 aliphatic rings. The van der Waals surface area contributed by atoms with Crippen molar-refractivity contribution in [3.8, 4) is 0 Å². The van der Waals surface area contributed by atoms with Gasteiger partial charge >= 0.3 is 12.2 Å². The number of piperazine rings is 1.